The third kappa shape index (κ3) is 4.25. The Morgan fingerprint density at radius 2 is 1.94 bits per heavy atom. The van der Waals surface area contributed by atoms with Crippen LogP contribution < -0.4 is 10.9 Å². The van der Waals surface area contributed by atoms with Crippen LogP contribution in [0, 0.1) is 0 Å². The molecule has 2 aromatic heterocycles. The van der Waals surface area contributed by atoms with Crippen molar-refractivity contribution in [3.8, 4) is 16.8 Å². The van der Waals surface area contributed by atoms with Crippen molar-refractivity contribution >= 4 is 39.8 Å². The highest BCUT2D eigenvalue weighted by molar-refractivity contribution is 8.26. The molecule has 1 N–H and O–H groups in total. The van der Waals surface area contributed by atoms with Gasteiger partial charge < -0.3 is 5.32 Å². The molecule has 0 saturated carbocycles. The summed E-state index contributed by atoms with van der Waals surface area (Å²) in [6.07, 6.45) is 3.29. The molecule has 1 atom stereocenters. The van der Waals surface area contributed by atoms with E-state index >= 15 is 0 Å². The molecule has 0 amide bonds. The zero-order valence-corrected chi connectivity index (χ0v) is 20.6. The minimum Gasteiger partial charge on any atom is -0.360 e. The summed E-state index contributed by atoms with van der Waals surface area (Å²) in [5, 5.41) is 13.5. The first-order valence-corrected chi connectivity index (χ1v) is 12.2. The maximum absolute atomic E-state index is 14.2. The number of aliphatic imine (C=N–C) groups is 3. The summed E-state index contributed by atoms with van der Waals surface area (Å²) in [5.74, 6) is 0.508. The highest BCUT2D eigenvalue weighted by atomic mass is 32.2. The van der Waals surface area contributed by atoms with Gasteiger partial charge in [-0.05, 0) is 48.9 Å². The van der Waals surface area contributed by atoms with Crippen LogP contribution in [0.2, 0.25) is 0 Å². The van der Waals surface area contributed by atoms with Crippen LogP contribution in [-0.2, 0) is 0 Å². The molecule has 0 bridgehead atoms. The van der Waals surface area contributed by atoms with Gasteiger partial charge in [-0.15, -0.1) is 0 Å². The van der Waals surface area contributed by atoms with Crippen LogP contribution >= 0.6 is 11.8 Å². The molecule has 0 unspecified atom stereocenters. The molecule has 0 aliphatic carbocycles. The zero-order chi connectivity index (χ0) is 25.1. The standard InChI is InChI=1S/C27H23N7OS/c1-17(33-25(28-2)24-26(29-3)36-16-30-24)22-14-18-8-7-11-21(19-12-13-31-32-15-19)23(18)27(35)34(22)20-9-5-4-6-10-20/h4-17,33H,2H2,1,3H3/b25-24-,29-26+/t17-/m0/s1. The van der Waals surface area contributed by atoms with E-state index in [9.17, 15) is 4.79 Å². The van der Waals surface area contributed by atoms with Crippen LogP contribution in [0.25, 0.3) is 27.6 Å². The molecular weight excluding hydrogens is 470 g/mol. The number of aromatic nitrogens is 3. The lowest BCUT2D eigenvalue weighted by molar-refractivity contribution is 0.608. The SMILES string of the molecule is C=N/C(N[C@@H](C)c1cc2cccc(-c3ccnnc3)c2c(=O)n1-c1ccccc1)=C1/N=CS/C1=N/C. The molecule has 4 aromatic rings. The Bertz CT molecular complexity index is 1590. The number of hydrogen-bond donors (Lipinski definition) is 1. The minimum absolute atomic E-state index is 0.124. The number of rotatable bonds is 6. The molecule has 0 saturated heterocycles. The van der Waals surface area contributed by atoms with E-state index in [1.54, 1.807) is 29.6 Å². The van der Waals surface area contributed by atoms with E-state index < -0.39 is 0 Å². The van der Waals surface area contributed by atoms with Gasteiger partial charge in [-0.2, -0.15) is 10.2 Å². The van der Waals surface area contributed by atoms with Crippen LogP contribution in [0.3, 0.4) is 0 Å². The summed E-state index contributed by atoms with van der Waals surface area (Å²) in [4.78, 5) is 27.0. The highest BCUT2D eigenvalue weighted by Gasteiger charge is 2.22. The molecule has 2 aromatic carbocycles. The lowest BCUT2D eigenvalue weighted by Crippen LogP contribution is -2.29. The maximum Gasteiger partial charge on any atom is 0.263 e. The van der Waals surface area contributed by atoms with Gasteiger partial charge in [0, 0.05) is 24.0 Å². The van der Waals surface area contributed by atoms with Crippen LogP contribution in [-0.4, -0.2) is 39.1 Å². The molecule has 0 radical (unpaired) electrons. The topological polar surface area (TPSA) is 96.9 Å². The van der Waals surface area contributed by atoms with Gasteiger partial charge in [-0.3, -0.25) is 14.4 Å². The van der Waals surface area contributed by atoms with Crippen molar-refractivity contribution in [2.24, 2.45) is 15.0 Å². The summed E-state index contributed by atoms with van der Waals surface area (Å²) >= 11 is 1.43. The van der Waals surface area contributed by atoms with Crippen molar-refractivity contribution in [3.63, 3.8) is 0 Å². The number of nitrogens with zero attached hydrogens (tertiary/aromatic N) is 6. The van der Waals surface area contributed by atoms with Crippen molar-refractivity contribution in [1.82, 2.24) is 20.1 Å². The van der Waals surface area contributed by atoms with E-state index in [1.807, 2.05) is 67.6 Å². The maximum atomic E-state index is 14.2. The molecule has 9 heteroatoms. The van der Waals surface area contributed by atoms with E-state index in [0.717, 1.165) is 32.9 Å². The second-order valence-corrected chi connectivity index (χ2v) is 8.88. The first-order chi connectivity index (χ1) is 17.6. The second kappa shape index (κ2) is 10.1. The van der Waals surface area contributed by atoms with E-state index in [-0.39, 0.29) is 11.6 Å². The van der Waals surface area contributed by atoms with Crippen molar-refractivity contribution in [2.45, 2.75) is 13.0 Å². The smallest absolute Gasteiger partial charge is 0.263 e. The number of hydrogen-bond acceptors (Lipinski definition) is 8. The van der Waals surface area contributed by atoms with Crippen molar-refractivity contribution in [1.29, 1.82) is 0 Å². The van der Waals surface area contributed by atoms with Gasteiger partial charge in [0.2, 0.25) is 0 Å². The average Bonchev–Trinajstić information content (AvgIpc) is 3.41. The van der Waals surface area contributed by atoms with Gasteiger partial charge in [0.25, 0.3) is 5.56 Å². The number of para-hydroxylation sites is 1. The van der Waals surface area contributed by atoms with Gasteiger partial charge in [-0.1, -0.05) is 48.2 Å². The predicted molar refractivity (Wildman–Crippen MR) is 148 cm³/mol. The Kier molecular flexibility index (Phi) is 6.55. The number of fused-ring (bicyclic) bond motifs is 1. The molecule has 178 valence electrons. The first-order valence-electron chi connectivity index (χ1n) is 11.3. The molecule has 3 heterocycles. The van der Waals surface area contributed by atoms with Crippen molar-refractivity contribution in [3.05, 3.63) is 101 Å². The normalized spacial score (nSPS) is 16.3. The number of nitrogens with one attached hydrogen (secondary N) is 1. The third-order valence-corrected chi connectivity index (χ3v) is 6.73. The van der Waals surface area contributed by atoms with Crippen LogP contribution in [0.4, 0.5) is 0 Å². The van der Waals surface area contributed by atoms with Gasteiger partial charge in [0.15, 0.2) is 5.82 Å². The third-order valence-electron chi connectivity index (χ3n) is 5.92. The number of pyridine rings is 1. The van der Waals surface area contributed by atoms with Gasteiger partial charge in [-0.25, -0.2) is 9.98 Å². The fraction of sp³-hybridized carbons (Fsp3) is 0.111. The quantitative estimate of drug-likeness (QED) is 0.390. The van der Waals surface area contributed by atoms with Gasteiger partial charge in [0.05, 0.1) is 29.4 Å². The molecule has 5 rings (SSSR count). The first kappa shape index (κ1) is 23.4. The molecular formula is C27H23N7OS. The number of thioether (sulfide) groups is 1. The van der Waals surface area contributed by atoms with E-state index in [0.29, 0.717) is 16.9 Å². The predicted octanol–water partition coefficient (Wildman–Crippen LogP) is 4.77. The molecule has 0 fully saturated rings. The van der Waals surface area contributed by atoms with E-state index in [1.165, 1.54) is 11.8 Å². The lowest BCUT2D eigenvalue weighted by Gasteiger charge is -2.22. The van der Waals surface area contributed by atoms with Crippen molar-refractivity contribution < 1.29 is 0 Å². The zero-order valence-electron chi connectivity index (χ0n) is 19.8. The molecule has 0 spiro atoms. The second-order valence-electron chi connectivity index (χ2n) is 8.05. The Morgan fingerprint density at radius 1 is 1.11 bits per heavy atom. The lowest BCUT2D eigenvalue weighted by atomic mass is 9.99. The Balaban J connectivity index is 1.73. The monoisotopic (exact) mass is 493 g/mol. The summed E-state index contributed by atoms with van der Waals surface area (Å²) in [7, 11) is 1.72. The molecule has 8 nitrogen and oxygen atoms in total. The van der Waals surface area contributed by atoms with E-state index in [4.69, 9.17) is 0 Å². The Hall–Kier alpha value is -4.37. The minimum atomic E-state index is -0.305. The molecule has 1 aliphatic heterocycles. The molecule has 36 heavy (non-hydrogen) atoms. The van der Waals surface area contributed by atoms with Crippen molar-refractivity contribution in [2.75, 3.05) is 7.05 Å². The summed E-state index contributed by atoms with van der Waals surface area (Å²) in [5.41, 5.74) is 5.41. The largest absolute Gasteiger partial charge is 0.360 e. The fourth-order valence-electron chi connectivity index (χ4n) is 4.26. The summed E-state index contributed by atoms with van der Waals surface area (Å²) in [6, 6.07) is 19.0. The summed E-state index contributed by atoms with van der Waals surface area (Å²) < 4.78 is 1.74. The van der Waals surface area contributed by atoms with E-state index in [2.05, 4.69) is 37.2 Å². The molecule has 1 aliphatic rings. The van der Waals surface area contributed by atoms with Gasteiger partial charge in [0.1, 0.15) is 10.7 Å². The summed E-state index contributed by atoms with van der Waals surface area (Å²) in [6.45, 7) is 5.71. The van der Waals surface area contributed by atoms with Crippen LogP contribution in [0.1, 0.15) is 18.7 Å². The highest BCUT2D eigenvalue weighted by Crippen LogP contribution is 2.30. The van der Waals surface area contributed by atoms with Crippen LogP contribution in [0.15, 0.2) is 104 Å². The Labute approximate surface area is 212 Å². The van der Waals surface area contributed by atoms with Gasteiger partial charge >= 0.3 is 0 Å². The average molecular weight is 494 g/mol. The Morgan fingerprint density at radius 3 is 2.67 bits per heavy atom. The fourth-order valence-corrected chi connectivity index (χ4v) is 4.89. The number of benzene rings is 2. The van der Waals surface area contributed by atoms with Crippen LogP contribution in [0.5, 0.6) is 0 Å².